The Balaban J connectivity index is 1.82. The predicted octanol–water partition coefficient (Wildman–Crippen LogP) is 3.68. The van der Waals surface area contributed by atoms with E-state index in [1.165, 1.54) is 6.07 Å². The molecule has 0 amide bonds. The van der Waals surface area contributed by atoms with Crippen LogP contribution in [0.5, 0.6) is 0 Å². The van der Waals surface area contributed by atoms with Crippen LogP contribution in [0.1, 0.15) is 17.5 Å². The second-order valence-corrected chi connectivity index (χ2v) is 5.55. The van der Waals surface area contributed by atoms with Crippen molar-refractivity contribution >= 4 is 0 Å². The average Bonchev–Trinajstić information content (AvgIpc) is 3.02. The molecule has 2 aromatic rings. The van der Waals surface area contributed by atoms with E-state index < -0.39 is 0 Å². The maximum Gasteiger partial charge on any atom is 0.126 e. The summed E-state index contributed by atoms with van der Waals surface area (Å²) in [6, 6.07) is 13.4. The van der Waals surface area contributed by atoms with E-state index in [0.29, 0.717) is 18.3 Å². The minimum absolute atomic E-state index is 0.162. The fraction of sp³-hybridized carbons (Fsp3) is 0.333. The Labute approximate surface area is 125 Å². The molecule has 0 aromatic heterocycles. The summed E-state index contributed by atoms with van der Waals surface area (Å²) < 4.78 is 19.4. The van der Waals surface area contributed by atoms with E-state index in [1.54, 1.807) is 6.92 Å². The highest BCUT2D eigenvalue weighted by molar-refractivity contribution is 5.67. The van der Waals surface area contributed by atoms with Crippen molar-refractivity contribution in [3.63, 3.8) is 0 Å². The van der Waals surface area contributed by atoms with Gasteiger partial charge in [0.15, 0.2) is 0 Å². The summed E-state index contributed by atoms with van der Waals surface area (Å²) >= 11 is 0. The van der Waals surface area contributed by atoms with Gasteiger partial charge in [0.2, 0.25) is 0 Å². The molecule has 0 bridgehead atoms. The van der Waals surface area contributed by atoms with Crippen molar-refractivity contribution in [1.82, 2.24) is 5.32 Å². The number of ether oxygens (including phenoxy) is 1. The number of rotatable bonds is 4. The molecule has 0 saturated carbocycles. The van der Waals surface area contributed by atoms with Gasteiger partial charge in [-0.2, -0.15) is 0 Å². The Bertz CT molecular complexity index is 620. The minimum Gasteiger partial charge on any atom is -0.372 e. The van der Waals surface area contributed by atoms with Gasteiger partial charge >= 0.3 is 0 Å². The lowest BCUT2D eigenvalue weighted by molar-refractivity contribution is 0.0545. The van der Waals surface area contributed by atoms with Gasteiger partial charge in [-0.25, -0.2) is 4.39 Å². The van der Waals surface area contributed by atoms with Crippen LogP contribution in [-0.2, 0) is 11.3 Å². The molecule has 3 heteroatoms. The highest BCUT2D eigenvalue weighted by atomic mass is 19.1. The molecular weight excluding hydrogens is 265 g/mol. The zero-order chi connectivity index (χ0) is 14.7. The number of aryl methyl sites for hydroxylation is 1. The summed E-state index contributed by atoms with van der Waals surface area (Å²) in [6.07, 6.45) is 1.37. The second kappa shape index (κ2) is 6.37. The molecule has 0 radical (unpaired) electrons. The summed E-state index contributed by atoms with van der Waals surface area (Å²) in [4.78, 5) is 0. The van der Waals surface area contributed by atoms with E-state index in [1.807, 2.05) is 24.3 Å². The van der Waals surface area contributed by atoms with Crippen molar-refractivity contribution in [3.8, 4) is 11.1 Å². The summed E-state index contributed by atoms with van der Waals surface area (Å²) in [6.45, 7) is 4.35. The van der Waals surface area contributed by atoms with Crippen LogP contribution in [0.15, 0.2) is 42.5 Å². The van der Waals surface area contributed by atoms with Gasteiger partial charge in [0.05, 0.1) is 12.7 Å². The maximum atomic E-state index is 13.4. The third kappa shape index (κ3) is 3.31. The zero-order valence-corrected chi connectivity index (χ0v) is 12.2. The molecule has 1 heterocycles. The zero-order valence-electron chi connectivity index (χ0n) is 12.2. The van der Waals surface area contributed by atoms with Gasteiger partial charge in [-0.3, -0.25) is 0 Å². The summed E-state index contributed by atoms with van der Waals surface area (Å²) in [7, 11) is 0. The van der Waals surface area contributed by atoms with Crippen LogP contribution in [0.25, 0.3) is 11.1 Å². The molecule has 110 valence electrons. The Morgan fingerprint density at radius 2 is 2.10 bits per heavy atom. The van der Waals surface area contributed by atoms with Gasteiger partial charge < -0.3 is 10.1 Å². The van der Waals surface area contributed by atoms with Crippen molar-refractivity contribution in [1.29, 1.82) is 0 Å². The molecule has 0 unspecified atom stereocenters. The highest BCUT2D eigenvalue weighted by Crippen LogP contribution is 2.26. The lowest BCUT2D eigenvalue weighted by Gasteiger charge is -2.14. The molecule has 1 N–H and O–H groups in total. The number of halogens is 1. The number of nitrogens with one attached hydrogen (secondary N) is 1. The van der Waals surface area contributed by atoms with Gasteiger partial charge in [-0.15, -0.1) is 0 Å². The maximum absolute atomic E-state index is 13.4. The molecule has 1 aliphatic heterocycles. The van der Waals surface area contributed by atoms with Crippen LogP contribution >= 0.6 is 0 Å². The summed E-state index contributed by atoms with van der Waals surface area (Å²) in [5.74, 6) is -0.162. The molecule has 3 rings (SSSR count). The molecule has 1 aliphatic rings. The number of hydrogen-bond donors (Lipinski definition) is 1. The van der Waals surface area contributed by atoms with Crippen molar-refractivity contribution in [2.45, 2.75) is 26.1 Å². The highest BCUT2D eigenvalue weighted by Gasteiger charge is 2.15. The topological polar surface area (TPSA) is 21.3 Å². The first kappa shape index (κ1) is 14.2. The summed E-state index contributed by atoms with van der Waals surface area (Å²) in [5.41, 5.74) is 3.97. The number of hydrogen-bond acceptors (Lipinski definition) is 2. The molecule has 1 saturated heterocycles. The molecule has 0 spiro atoms. The minimum atomic E-state index is -0.162. The standard InChI is InChI=1S/C18H20FNO/c1-13-10-14(6-7-18(13)19)17-5-3-2-4-15(17)12-21-16-8-9-20-11-16/h2-7,10,16,20H,8-9,11-12H2,1H3/t16-/m0/s1. The fourth-order valence-electron chi connectivity index (χ4n) is 2.72. The Hall–Kier alpha value is -1.71. The lowest BCUT2D eigenvalue weighted by Crippen LogP contribution is -2.16. The van der Waals surface area contributed by atoms with Gasteiger partial charge in [-0.1, -0.05) is 30.3 Å². The fourth-order valence-corrected chi connectivity index (χ4v) is 2.72. The normalized spacial score (nSPS) is 18.1. The van der Waals surface area contributed by atoms with E-state index in [4.69, 9.17) is 4.74 Å². The second-order valence-electron chi connectivity index (χ2n) is 5.55. The van der Waals surface area contributed by atoms with Crippen molar-refractivity contribution < 1.29 is 9.13 Å². The lowest BCUT2D eigenvalue weighted by atomic mass is 9.98. The first-order chi connectivity index (χ1) is 10.2. The average molecular weight is 285 g/mol. The van der Waals surface area contributed by atoms with E-state index in [9.17, 15) is 4.39 Å². The van der Waals surface area contributed by atoms with Crippen molar-refractivity contribution in [2.75, 3.05) is 13.1 Å². The quantitative estimate of drug-likeness (QED) is 0.925. The molecule has 2 nitrogen and oxygen atoms in total. The van der Waals surface area contributed by atoms with Gasteiger partial charge in [0.25, 0.3) is 0 Å². The Kier molecular flexibility index (Phi) is 4.32. The van der Waals surface area contributed by atoms with Crippen LogP contribution in [0.3, 0.4) is 0 Å². The summed E-state index contributed by atoms with van der Waals surface area (Å²) in [5, 5.41) is 3.30. The number of benzene rings is 2. The monoisotopic (exact) mass is 285 g/mol. The van der Waals surface area contributed by atoms with Crippen LogP contribution in [-0.4, -0.2) is 19.2 Å². The molecular formula is C18H20FNO. The SMILES string of the molecule is Cc1cc(-c2ccccc2CO[C@H]2CCNC2)ccc1F. The third-order valence-electron chi connectivity index (χ3n) is 3.98. The molecule has 0 aliphatic carbocycles. The van der Waals surface area contributed by atoms with E-state index in [2.05, 4.69) is 17.4 Å². The van der Waals surface area contributed by atoms with Crippen LogP contribution < -0.4 is 5.32 Å². The molecule has 1 atom stereocenters. The molecule has 2 aromatic carbocycles. The predicted molar refractivity (Wildman–Crippen MR) is 82.6 cm³/mol. The largest absolute Gasteiger partial charge is 0.372 e. The first-order valence-corrected chi connectivity index (χ1v) is 7.41. The van der Waals surface area contributed by atoms with Gasteiger partial charge in [0.1, 0.15) is 5.82 Å². The van der Waals surface area contributed by atoms with Crippen LogP contribution in [0, 0.1) is 12.7 Å². The van der Waals surface area contributed by atoms with Gasteiger partial charge in [-0.05, 0) is 54.3 Å². The van der Waals surface area contributed by atoms with E-state index >= 15 is 0 Å². The van der Waals surface area contributed by atoms with Gasteiger partial charge in [0, 0.05) is 6.54 Å². The molecule has 21 heavy (non-hydrogen) atoms. The third-order valence-corrected chi connectivity index (χ3v) is 3.98. The van der Waals surface area contributed by atoms with Crippen LogP contribution in [0.2, 0.25) is 0 Å². The van der Waals surface area contributed by atoms with Crippen LogP contribution in [0.4, 0.5) is 4.39 Å². The molecule has 1 fully saturated rings. The Morgan fingerprint density at radius 1 is 1.24 bits per heavy atom. The van der Waals surface area contributed by atoms with E-state index in [0.717, 1.165) is 36.2 Å². The van der Waals surface area contributed by atoms with E-state index in [-0.39, 0.29) is 5.82 Å². The Morgan fingerprint density at radius 3 is 2.86 bits per heavy atom. The van der Waals surface area contributed by atoms with Crippen molar-refractivity contribution in [3.05, 3.63) is 59.4 Å². The smallest absolute Gasteiger partial charge is 0.126 e. The van der Waals surface area contributed by atoms with Crippen molar-refractivity contribution in [2.24, 2.45) is 0 Å². The first-order valence-electron chi connectivity index (χ1n) is 7.41.